The van der Waals surface area contributed by atoms with E-state index >= 15 is 0 Å². The monoisotopic (exact) mass is 332 g/mol. The fourth-order valence-corrected chi connectivity index (χ4v) is 3.83. The molecule has 1 unspecified atom stereocenters. The number of carbonyl (C=O) groups excluding carboxylic acids is 2. The average Bonchev–Trinajstić information content (AvgIpc) is 2.81. The fraction of sp³-hybridized carbons (Fsp3) is 0.385. The van der Waals surface area contributed by atoms with Crippen LogP contribution in [0.15, 0.2) is 18.2 Å². The van der Waals surface area contributed by atoms with E-state index in [2.05, 4.69) is 10.6 Å². The quantitative estimate of drug-likeness (QED) is 0.837. The maximum Gasteiger partial charge on any atom is 0.243 e. The van der Waals surface area contributed by atoms with Gasteiger partial charge in [0.1, 0.15) is 0 Å². The maximum atomic E-state index is 13.0. The SMILES string of the molecule is O=C(CNC(=O)C1CCS(=O)(=O)C1)Nc1ccc(F)c(F)c1. The molecule has 6 nitrogen and oxygen atoms in total. The Morgan fingerprint density at radius 3 is 2.55 bits per heavy atom. The Hall–Kier alpha value is -2.03. The van der Waals surface area contributed by atoms with Crippen LogP contribution in [-0.2, 0) is 19.4 Å². The topological polar surface area (TPSA) is 92.3 Å². The van der Waals surface area contributed by atoms with E-state index in [4.69, 9.17) is 0 Å². The molecule has 0 bridgehead atoms. The van der Waals surface area contributed by atoms with Crippen molar-refractivity contribution in [2.75, 3.05) is 23.4 Å². The Morgan fingerprint density at radius 2 is 1.95 bits per heavy atom. The van der Waals surface area contributed by atoms with Crippen molar-refractivity contribution in [2.45, 2.75) is 6.42 Å². The molecule has 22 heavy (non-hydrogen) atoms. The van der Waals surface area contributed by atoms with Crippen LogP contribution in [0.25, 0.3) is 0 Å². The van der Waals surface area contributed by atoms with E-state index in [1.807, 2.05) is 0 Å². The summed E-state index contributed by atoms with van der Waals surface area (Å²) in [6.07, 6.45) is 0.235. The molecule has 1 aliphatic rings. The van der Waals surface area contributed by atoms with Crippen LogP contribution in [0.4, 0.5) is 14.5 Å². The number of halogens is 2. The van der Waals surface area contributed by atoms with Gasteiger partial charge in [-0.2, -0.15) is 0 Å². The van der Waals surface area contributed by atoms with E-state index in [1.54, 1.807) is 0 Å². The summed E-state index contributed by atoms with van der Waals surface area (Å²) < 4.78 is 48.2. The molecule has 1 aromatic carbocycles. The van der Waals surface area contributed by atoms with Crippen molar-refractivity contribution in [3.63, 3.8) is 0 Å². The lowest BCUT2D eigenvalue weighted by Crippen LogP contribution is -2.37. The summed E-state index contributed by atoms with van der Waals surface area (Å²) in [6.45, 7) is -0.381. The summed E-state index contributed by atoms with van der Waals surface area (Å²) in [5, 5.41) is 4.62. The second-order valence-electron chi connectivity index (χ2n) is 4.99. The molecule has 9 heteroatoms. The van der Waals surface area contributed by atoms with Gasteiger partial charge in [0.15, 0.2) is 21.5 Å². The molecule has 1 aromatic rings. The zero-order valence-electron chi connectivity index (χ0n) is 11.4. The highest BCUT2D eigenvalue weighted by molar-refractivity contribution is 7.91. The lowest BCUT2D eigenvalue weighted by molar-refractivity contribution is -0.126. The summed E-state index contributed by atoms with van der Waals surface area (Å²) >= 11 is 0. The minimum atomic E-state index is -3.18. The zero-order valence-corrected chi connectivity index (χ0v) is 12.3. The Balaban J connectivity index is 1.82. The van der Waals surface area contributed by atoms with Crippen molar-refractivity contribution >= 4 is 27.3 Å². The standard InChI is InChI=1S/C13H14F2N2O4S/c14-10-2-1-9(5-11(10)15)17-12(18)6-16-13(19)8-3-4-22(20,21)7-8/h1-2,5,8H,3-4,6-7H2,(H,16,19)(H,17,18). The molecule has 1 fully saturated rings. The van der Waals surface area contributed by atoms with Crippen molar-refractivity contribution in [2.24, 2.45) is 5.92 Å². The number of benzene rings is 1. The number of hydrogen-bond donors (Lipinski definition) is 2. The minimum absolute atomic E-state index is 0.0356. The van der Waals surface area contributed by atoms with Gasteiger partial charge < -0.3 is 10.6 Å². The molecule has 2 rings (SSSR count). The average molecular weight is 332 g/mol. The number of rotatable bonds is 4. The van der Waals surface area contributed by atoms with Gasteiger partial charge in [0, 0.05) is 11.8 Å². The van der Waals surface area contributed by atoms with Gasteiger partial charge in [-0.15, -0.1) is 0 Å². The van der Waals surface area contributed by atoms with Crippen LogP contribution in [-0.4, -0.2) is 38.3 Å². The van der Waals surface area contributed by atoms with Crippen LogP contribution >= 0.6 is 0 Å². The highest BCUT2D eigenvalue weighted by Crippen LogP contribution is 2.18. The van der Waals surface area contributed by atoms with Crippen molar-refractivity contribution in [1.29, 1.82) is 0 Å². The van der Waals surface area contributed by atoms with E-state index in [1.165, 1.54) is 6.07 Å². The molecular formula is C13H14F2N2O4S. The summed E-state index contributed by atoms with van der Waals surface area (Å²) in [5.74, 6) is -4.18. The lowest BCUT2D eigenvalue weighted by Gasteiger charge is -2.10. The Morgan fingerprint density at radius 1 is 1.23 bits per heavy atom. The largest absolute Gasteiger partial charge is 0.347 e. The van der Waals surface area contributed by atoms with Crippen molar-refractivity contribution < 1.29 is 26.8 Å². The van der Waals surface area contributed by atoms with E-state index in [0.717, 1.165) is 12.1 Å². The van der Waals surface area contributed by atoms with E-state index < -0.39 is 39.2 Å². The van der Waals surface area contributed by atoms with Crippen LogP contribution in [0.5, 0.6) is 0 Å². The van der Waals surface area contributed by atoms with Gasteiger partial charge in [-0.3, -0.25) is 9.59 Å². The highest BCUT2D eigenvalue weighted by Gasteiger charge is 2.32. The number of amides is 2. The first-order valence-corrected chi connectivity index (χ1v) is 8.32. The molecule has 0 aliphatic carbocycles. The van der Waals surface area contributed by atoms with Gasteiger partial charge in [0.2, 0.25) is 11.8 Å². The molecular weight excluding hydrogens is 318 g/mol. The molecule has 0 aromatic heterocycles. The maximum absolute atomic E-state index is 13.0. The third-order valence-corrected chi connectivity index (χ3v) is 5.00. The number of hydrogen-bond acceptors (Lipinski definition) is 4. The predicted octanol–water partition coefficient (Wildman–Crippen LogP) is 0.454. The third kappa shape index (κ3) is 4.23. The molecule has 0 saturated carbocycles. The molecule has 1 atom stereocenters. The Bertz CT molecular complexity index is 706. The Kier molecular flexibility index (Phi) is 4.74. The van der Waals surface area contributed by atoms with Gasteiger partial charge in [-0.05, 0) is 18.6 Å². The molecule has 1 saturated heterocycles. The smallest absolute Gasteiger partial charge is 0.243 e. The first-order chi connectivity index (χ1) is 10.3. The summed E-state index contributed by atoms with van der Waals surface area (Å²) in [7, 11) is -3.18. The van der Waals surface area contributed by atoms with Gasteiger partial charge in [0.25, 0.3) is 0 Å². The summed E-state index contributed by atoms with van der Waals surface area (Å²) in [4.78, 5) is 23.3. The number of carbonyl (C=O) groups is 2. The molecule has 1 heterocycles. The second kappa shape index (κ2) is 6.39. The first-order valence-electron chi connectivity index (χ1n) is 6.50. The molecule has 2 amide bonds. The zero-order chi connectivity index (χ0) is 16.3. The van der Waals surface area contributed by atoms with Crippen LogP contribution in [0, 0.1) is 17.6 Å². The van der Waals surface area contributed by atoms with Gasteiger partial charge in [-0.1, -0.05) is 0 Å². The molecule has 120 valence electrons. The van der Waals surface area contributed by atoms with E-state index in [-0.39, 0.29) is 30.2 Å². The molecule has 1 aliphatic heterocycles. The predicted molar refractivity (Wildman–Crippen MR) is 74.8 cm³/mol. The van der Waals surface area contributed by atoms with Crippen LogP contribution in [0.2, 0.25) is 0 Å². The number of sulfone groups is 1. The number of nitrogens with one attached hydrogen (secondary N) is 2. The van der Waals surface area contributed by atoms with Crippen molar-refractivity contribution in [3.8, 4) is 0 Å². The van der Waals surface area contributed by atoms with Crippen LogP contribution in [0.3, 0.4) is 0 Å². The van der Waals surface area contributed by atoms with E-state index in [9.17, 15) is 26.8 Å². The molecule has 2 N–H and O–H groups in total. The Labute approximate surface area is 125 Å². The lowest BCUT2D eigenvalue weighted by atomic mass is 10.1. The highest BCUT2D eigenvalue weighted by atomic mass is 32.2. The second-order valence-corrected chi connectivity index (χ2v) is 7.22. The summed E-state index contributed by atoms with van der Waals surface area (Å²) in [5.41, 5.74) is 0.0570. The molecule has 0 radical (unpaired) electrons. The number of anilines is 1. The van der Waals surface area contributed by atoms with E-state index in [0.29, 0.717) is 0 Å². The third-order valence-electron chi connectivity index (χ3n) is 3.23. The van der Waals surface area contributed by atoms with Crippen molar-refractivity contribution in [1.82, 2.24) is 5.32 Å². The normalized spacial score (nSPS) is 19.6. The van der Waals surface area contributed by atoms with Crippen LogP contribution < -0.4 is 10.6 Å². The molecule has 0 spiro atoms. The first kappa shape index (κ1) is 16.3. The van der Waals surface area contributed by atoms with Crippen molar-refractivity contribution in [3.05, 3.63) is 29.8 Å². The van der Waals surface area contributed by atoms with Gasteiger partial charge in [0.05, 0.1) is 24.0 Å². The van der Waals surface area contributed by atoms with Gasteiger partial charge >= 0.3 is 0 Å². The fourth-order valence-electron chi connectivity index (χ4n) is 2.09. The summed E-state index contributed by atoms with van der Waals surface area (Å²) in [6, 6.07) is 2.87. The minimum Gasteiger partial charge on any atom is -0.347 e. The van der Waals surface area contributed by atoms with Crippen LogP contribution in [0.1, 0.15) is 6.42 Å². The van der Waals surface area contributed by atoms with Gasteiger partial charge in [-0.25, -0.2) is 17.2 Å².